The van der Waals surface area contributed by atoms with Gasteiger partial charge in [0.1, 0.15) is 11.4 Å². The molecule has 132 valence electrons. The minimum absolute atomic E-state index is 0.0720. The third-order valence-electron chi connectivity index (χ3n) is 5.75. The molecule has 1 spiro atoms. The first-order valence-electron chi connectivity index (χ1n) is 9.23. The molecule has 2 N–H and O–H groups in total. The Morgan fingerprint density at radius 2 is 2.08 bits per heavy atom. The van der Waals surface area contributed by atoms with Gasteiger partial charge in [-0.05, 0) is 25.3 Å². The van der Waals surface area contributed by atoms with Crippen LogP contribution in [-0.4, -0.2) is 61.1 Å². The number of nitrogens with one attached hydrogen (secondary N) is 1. The number of aliphatic hydroxyl groups is 1. The van der Waals surface area contributed by atoms with E-state index < -0.39 is 0 Å². The first-order valence-corrected chi connectivity index (χ1v) is 9.23. The van der Waals surface area contributed by atoms with Gasteiger partial charge in [-0.25, -0.2) is 0 Å². The van der Waals surface area contributed by atoms with Crippen molar-refractivity contribution < 1.29 is 14.6 Å². The Morgan fingerprint density at radius 1 is 1.25 bits per heavy atom. The predicted molar refractivity (Wildman–Crippen MR) is 92.3 cm³/mol. The van der Waals surface area contributed by atoms with Gasteiger partial charge in [0.25, 0.3) is 0 Å². The van der Waals surface area contributed by atoms with Crippen LogP contribution in [0.15, 0.2) is 24.3 Å². The lowest BCUT2D eigenvalue weighted by Gasteiger charge is -2.47. The molecule has 1 aromatic carbocycles. The van der Waals surface area contributed by atoms with Gasteiger partial charge in [0, 0.05) is 50.3 Å². The molecule has 2 atom stereocenters. The second-order valence-electron chi connectivity index (χ2n) is 7.37. The lowest BCUT2D eigenvalue weighted by atomic mass is 9.80. The fourth-order valence-electron chi connectivity index (χ4n) is 4.35. The monoisotopic (exact) mass is 332 g/mol. The fourth-order valence-corrected chi connectivity index (χ4v) is 4.35. The standard InChI is InChI=1S/C19H28N2O3/c22-11-10-21-8-6-19(7-9-21)13-17(20-15-5-12-23-14-15)16-3-1-2-4-18(16)24-19/h1-4,15,17,20,22H,5-14H2/t15-,17-/m1/s1. The van der Waals surface area contributed by atoms with Crippen LogP contribution in [0.3, 0.4) is 0 Å². The number of para-hydroxylation sites is 1. The van der Waals surface area contributed by atoms with E-state index >= 15 is 0 Å². The summed E-state index contributed by atoms with van der Waals surface area (Å²) < 4.78 is 12.1. The van der Waals surface area contributed by atoms with Crippen LogP contribution in [0.1, 0.15) is 37.3 Å². The second-order valence-corrected chi connectivity index (χ2v) is 7.37. The van der Waals surface area contributed by atoms with Gasteiger partial charge in [0.05, 0.1) is 13.2 Å². The van der Waals surface area contributed by atoms with Crippen LogP contribution in [0.25, 0.3) is 0 Å². The summed E-state index contributed by atoms with van der Waals surface area (Å²) >= 11 is 0. The van der Waals surface area contributed by atoms with Gasteiger partial charge < -0.3 is 24.8 Å². The molecule has 3 aliphatic rings. The summed E-state index contributed by atoms with van der Waals surface area (Å²) in [5.41, 5.74) is 1.21. The van der Waals surface area contributed by atoms with E-state index in [2.05, 4.69) is 34.5 Å². The number of fused-ring (bicyclic) bond motifs is 1. The van der Waals surface area contributed by atoms with Crippen LogP contribution in [-0.2, 0) is 4.74 Å². The van der Waals surface area contributed by atoms with E-state index in [9.17, 15) is 0 Å². The van der Waals surface area contributed by atoms with Crippen LogP contribution in [0.4, 0.5) is 0 Å². The Labute approximate surface area is 143 Å². The SMILES string of the molecule is OCCN1CCC2(CC1)C[C@@H](N[C@@H]1CCOC1)c1ccccc1O2. The Morgan fingerprint density at radius 3 is 2.83 bits per heavy atom. The van der Waals surface area contributed by atoms with Gasteiger partial charge in [0.2, 0.25) is 0 Å². The molecule has 2 fully saturated rings. The van der Waals surface area contributed by atoms with Crippen molar-refractivity contribution in [3.8, 4) is 5.75 Å². The zero-order valence-electron chi connectivity index (χ0n) is 14.2. The van der Waals surface area contributed by atoms with E-state index in [0.29, 0.717) is 12.1 Å². The molecule has 3 heterocycles. The highest BCUT2D eigenvalue weighted by molar-refractivity contribution is 5.39. The first kappa shape index (κ1) is 16.3. The minimum atomic E-state index is -0.0720. The Hall–Kier alpha value is -1.14. The van der Waals surface area contributed by atoms with E-state index in [4.69, 9.17) is 14.6 Å². The molecule has 5 heteroatoms. The van der Waals surface area contributed by atoms with E-state index in [1.54, 1.807) is 0 Å². The molecule has 0 radical (unpaired) electrons. The summed E-state index contributed by atoms with van der Waals surface area (Å²) in [5.74, 6) is 1.04. The summed E-state index contributed by atoms with van der Waals surface area (Å²) in [6.07, 6.45) is 4.17. The van der Waals surface area contributed by atoms with Crippen LogP contribution in [0, 0.1) is 0 Å². The molecule has 0 aliphatic carbocycles. The average molecular weight is 332 g/mol. The van der Waals surface area contributed by atoms with Gasteiger partial charge >= 0.3 is 0 Å². The highest BCUT2D eigenvalue weighted by Gasteiger charge is 2.43. The maximum absolute atomic E-state index is 9.16. The molecule has 3 aliphatic heterocycles. The molecular formula is C19H28N2O3. The molecule has 24 heavy (non-hydrogen) atoms. The largest absolute Gasteiger partial charge is 0.487 e. The summed E-state index contributed by atoms with van der Waals surface area (Å²) in [7, 11) is 0. The predicted octanol–water partition coefficient (Wildman–Crippen LogP) is 1.72. The van der Waals surface area contributed by atoms with E-state index in [-0.39, 0.29) is 12.2 Å². The number of rotatable bonds is 4. The third kappa shape index (κ3) is 3.31. The topological polar surface area (TPSA) is 54.0 Å². The average Bonchev–Trinajstić information content (AvgIpc) is 3.10. The number of nitrogens with zero attached hydrogens (tertiary/aromatic N) is 1. The second kappa shape index (κ2) is 7.00. The summed E-state index contributed by atoms with van der Waals surface area (Å²) in [4.78, 5) is 2.34. The molecule has 0 amide bonds. The van der Waals surface area contributed by atoms with Gasteiger partial charge in [-0.3, -0.25) is 0 Å². The number of benzene rings is 1. The van der Waals surface area contributed by atoms with Crippen molar-refractivity contribution in [2.75, 3.05) is 39.5 Å². The van der Waals surface area contributed by atoms with Crippen LogP contribution >= 0.6 is 0 Å². The number of ether oxygens (including phenoxy) is 2. The van der Waals surface area contributed by atoms with Gasteiger partial charge in [0.15, 0.2) is 0 Å². The quantitative estimate of drug-likeness (QED) is 0.879. The summed E-state index contributed by atoms with van der Waals surface area (Å²) in [6.45, 7) is 4.70. The molecule has 1 aromatic rings. The first-order chi connectivity index (χ1) is 11.8. The number of β-amino-alcohol motifs (C(OH)–C–C–N with tert-alkyl or cyclic N) is 1. The van der Waals surface area contributed by atoms with Crippen molar-refractivity contribution in [1.82, 2.24) is 10.2 Å². The molecule has 4 rings (SSSR count). The van der Waals surface area contributed by atoms with Crippen molar-refractivity contribution in [3.05, 3.63) is 29.8 Å². The number of hydrogen-bond donors (Lipinski definition) is 2. The molecular weight excluding hydrogens is 304 g/mol. The maximum atomic E-state index is 9.16. The van der Waals surface area contributed by atoms with Crippen molar-refractivity contribution >= 4 is 0 Å². The van der Waals surface area contributed by atoms with Crippen molar-refractivity contribution in [3.63, 3.8) is 0 Å². The lowest BCUT2D eigenvalue weighted by Crippen LogP contribution is -2.53. The highest BCUT2D eigenvalue weighted by atomic mass is 16.5. The minimum Gasteiger partial charge on any atom is -0.487 e. The normalized spacial score (nSPS) is 29.4. The van der Waals surface area contributed by atoms with Crippen LogP contribution in [0.2, 0.25) is 0 Å². The van der Waals surface area contributed by atoms with Gasteiger partial charge in [-0.2, -0.15) is 0 Å². The van der Waals surface area contributed by atoms with Crippen LogP contribution < -0.4 is 10.1 Å². The lowest BCUT2D eigenvalue weighted by molar-refractivity contribution is -0.0288. The maximum Gasteiger partial charge on any atom is 0.124 e. The smallest absolute Gasteiger partial charge is 0.124 e. The zero-order chi connectivity index (χ0) is 16.4. The van der Waals surface area contributed by atoms with E-state index in [1.165, 1.54) is 5.56 Å². The summed E-state index contributed by atoms with van der Waals surface area (Å²) in [6, 6.07) is 9.25. The number of likely N-dealkylation sites (tertiary alicyclic amines) is 1. The van der Waals surface area contributed by atoms with Crippen molar-refractivity contribution in [2.24, 2.45) is 0 Å². The molecule has 0 saturated carbocycles. The van der Waals surface area contributed by atoms with Crippen molar-refractivity contribution in [1.29, 1.82) is 0 Å². The third-order valence-corrected chi connectivity index (χ3v) is 5.75. The van der Waals surface area contributed by atoms with E-state index in [1.807, 2.05) is 0 Å². The highest BCUT2D eigenvalue weighted by Crippen LogP contribution is 2.44. The summed E-state index contributed by atoms with van der Waals surface area (Å²) in [5, 5.41) is 13.0. The fraction of sp³-hybridized carbons (Fsp3) is 0.684. The van der Waals surface area contributed by atoms with Crippen molar-refractivity contribution in [2.45, 2.75) is 43.4 Å². The molecule has 0 bridgehead atoms. The Balaban J connectivity index is 1.52. The Kier molecular flexibility index (Phi) is 4.77. The molecule has 5 nitrogen and oxygen atoms in total. The molecule has 0 unspecified atom stereocenters. The van der Waals surface area contributed by atoms with Gasteiger partial charge in [-0.15, -0.1) is 0 Å². The molecule has 0 aromatic heterocycles. The number of piperidine rings is 1. The van der Waals surface area contributed by atoms with E-state index in [0.717, 1.165) is 64.3 Å². The number of hydrogen-bond acceptors (Lipinski definition) is 5. The molecule has 2 saturated heterocycles. The number of aliphatic hydroxyl groups excluding tert-OH is 1. The zero-order valence-corrected chi connectivity index (χ0v) is 14.2. The Bertz CT molecular complexity index is 551. The van der Waals surface area contributed by atoms with Gasteiger partial charge in [-0.1, -0.05) is 18.2 Å². The van der Waals surface area contributed by atoms with Crippen LogP contribution in [0.5, 0.6) is 5.75 Å².